The molecule has 0 spiro atoms. The molecule has 0 bridgehead atoms. The van der Waals surface area contributed by atoms with Gasteiger partial charge < -0.3 is 25.0 Å². The molecule has 2 aromatic carbocycles. The molecule has 0 saturated heterocycles. The number of nitrogens with one attached hydrogen (secondary N) is 1. The highest BCUT2D eigenvalue weighted by molar-refractivity contribution is 5.98. The fourth-order valence-corrected chi connectivity index (χ4v) is 4.20. The fourth-order valence-electron chi connectivity index (χ4n) is 4.20. The number of aliphatic hydroxyl groups excluding tert-OH is 1. The van der Waals surface area contributed by atoms with Crippen molar-refractivity contribution in [1.82, 2.24) is 14.8 Å². The molecule has 1 aliphatic heterocycles. The minimum Gasteiger partial charge on any atom is -0.472 e. The van der Waals surface area contributed by atoms with E-state index in [1.807, 2.05) is 74.5 Å². The first-order chi connectivity index (χ1) is 17.4. The van der Waals surface area contributed by atoms with Crippen molar-refractivity contribution in [3.63, 3.8) is 0 Å². The third-order valence-corrected chi connectivity index (χ3v) is 6.45. The molecule has 0 fully saturated rings. The number of aromatic nitrogens is 1. The molecule has 8 heteroatoms. The number of carbonyl (C=O) groups is 2. The summed E-state index contributed by atoms with van der Waals surface area (Å²) in [5, 5.41) is 12.7. The van der Waals surface area contributed by atoms with Crippen LogP contribution in [0, 0.1) is 5.92 Å². The zero-order chi connectivity index (χ0) is 25.7. The van der Waals surface area contributed by atoms with Crippen LogP contribution in [0.4, 0.5) is 10.5 Å². The smallest absolute Gasteiger partial charge is 0.321 e. The maximum Gasteiger partial charge on any atom is 0.321 e. The van der Waals surface area contributed by atoms with E-state index >= 15 is 0 Å². The lowest BCUT2D eigenvalue weighted by Crippen LogP contribution is -2.50. The summed E-state index contributed by atoms with van der Waals surface area (Å²) in [6, 6.07) is 20.1. The summed E-state index contributed by atoms with van der Waals surface area (Å²) in [6.07, 6.45) is 1.27. The van der Waals surface area contributed by atoms with E-state index in [1.165, 1.54) is 0 Å². The first kappa shape index (κ1) is 25.2. The number of para-hydroxylation sites is 1. The number of hydrogen-bond acceptors (Lipinski definition) is 5. The van der Waals surface area contributed by atoms with Crippen molar-refractivity contribution < 1.29 is 19.4 Å². The Balaban J connectivity index is 1.62. The lowest BCUT2D eigenvalue weighted by molar-refractivity contribution is 0.0356. The van der Waals surface area contributed by atoms with Crippen molar-refractivity contribution >= 4 is 17.6 Å². The van der Waals surface area contributed by atoms with Crippen LogP contribution in [-0.4, -0.2) is 70.7 Å². The molecule has 0 radical (unpaired) electrons. The maximum atomic E-state index is 13.6. The number of amides is 3. The summed E-state index contributed by atoms with van der Waals surface area (Å²) in [5.74, 6) is -0.140. The van der Waals surface area contributed by atoms with Gasteiger partial charge >= 0.3 is 6.03 Å². The van der Waals surface area contributed by atoms with E-state index < -0.39 is 6.10 Å². The Hall–Kier alpha value is -3.91. The van der Waals surface area contributed by atoms with Gasteiger partial charge in [-0.3, -0.25) is 4.79 Å². The van der Waals surface area contributed by atoms with E-state index in [4.69, 9.17) is 4.74 Å². The van der Waals surface area contributed by atoms with Crippen molar-refractivity contribution in [1.29, 1.82) is 0 Å². The number of urea groups is 1. The molecule has 0 unspecified atom stereocenters. The molecule has 0 aliphatic carbocycles. The summed E-state index contributed by atoms with van der Waals surface area (Å²) in [5.41, 5.74) is 2.78. The Morgan fingerprint density at radius 2 is 1.83 bits per heavy atom. The Morgan fingerprint density at radius 3 is 2.50 bits per heavy atom. The number of rotatable bonds is 6. The fraction of sp³-hybridized carbons (Fsp3) is 0.321. The van der Waals surface area contributed by atoms with Crippen LogP contribution < -0.4 is 10.1 Å². The van der Waals surface area contributed by atoms with Gasteiger partial charge in [-0.15, -0.1) is 0 Å². The molecule has 1 aromatic heterocycles. The molecule has 188 valence electrons. The topological polar surface area (TPSA) is 95.0 Å². The van der Waals surface area contributed by atoms with E-state index in [0.29, 0.717) is 17.8 Å². The van der Waals surface area contributed by atoms with E-state index in [1.54, 1.807) is 29.1 Å². The number of aliphatic hydroxyl groups is 1. The molecule has 3 amide bonds. The van der Waals surface area contributed by atoms with Crippen LogP contribution in [0.2, 0.25) is 0 Å². The summed E-state index contributed by atoms with van der Waals surface area (Å²) in [7, 11) is 1.71. The Bertz CT molecular complexity index is 1190. The van der Waals surface area contributed by atoms with Gasteiger partial charge in [0.05, 0.1) is 19.2 Å². The molecule has 1 aliphatic rings. The standard InChI is InChI=1S/C28H32N4O4/c1-19-16-32(20(2)18-33)27(34)24-14-22(21-10-6-4-7-11-21)15-29-26(24)36-25(19)17-31(3)28(35)30-23-12-8-5-9-13-23/h4-15,19-20,25,33H,16-18H2,1-3H3,(H,30,35)/t19-,20+,25+/m1/s1. The van der Waals surface area contributed by atoms with Crippen molar-refractivity contribution in [3.8, 4) is 17.0 Å². The van der Waals surface area contributed by atoms with Gasteiger partial charge in [-0.2, -0.15) is 0 Å². The monoisotopic (exact) mass is 488 g/mol. The number of fused-ring (bicyclic) bond motifs is 1. The number of carbonyl (C=O) groups excluding carboxylic acids is 2. The Morgan fingerprint density at radius 1 is 1.17 bits per heavy atom. The Labute approximate surface area is 211 Å². The van der Waals surface area contributed by atoms with Crippen LogP contribution >= 0.6 is 0 Å². The first-order valence-electron chi connectivity index (χ1n) is 12.1. The van der Waals surface area contributed by atoms with Gasteiger partial charge in [-0.1, -0.05) is 55.5 Å². The molecule has 4 rings (SSSR count). The van der Waals surface area contributed by atoms with Gasteiger partial charge in [0, 0.05) is 37.0 Å². The van der Waals surface area contributed by atoms with E-state index in [-0.39, 0.29) is 42.9 Å². The molecule has 3 atom stereocenters. The van der Waals surface area contributed by atoms with Crippen LogP contribution in [0.25, 0.3) is 11.1 Å². The Kier molecular flexibility index (Phi) is 7.85. The average Bonchev–Trinajstić information content (AvgIpc) is 2.91. The summed E-state index contributed by atoms with van der Waals surface area (Å²) >= 11 is 0. The SMILES string of the molecule is C[C@@H]1CN([C@@H](C)CO)C(=O)c2cc(-c3ccccc3)cnc2O[C@H]1CN(C)C(=O)Nc1ccccc1. The molecule has 0 saturated carbocycles. The lowest BCUT2D eigenvalue weighted by atomic mass is 9.99. The predicted molar refractivity (Wildman–Crippen MR) is 139 cm³/mol. The summed E-state index contributed by atoms with van der Waals surface area (Å²) in [6.45, 7) is 4.28. The zero-order valence-corrected chi connectivity index (χ0v) is 20.8. The van der Waals surface area contributed by atoms with Gasteiger partial charge in [0.25, 0.3) is 5.91 Å². The van der Waals surface area contributed by atoms with Gasteiger partial charge in [0.15, 0.2) is 0 Å². The highest BCUT2D eigenvalue weighted by atomic mass is 16.5. The van der Waals surface area contributed by atoms with Gasteiger partial charge in [0.1, 0.15) is 11.7 Å². The van der Waals surface area contributed by atoms with Crippen molar-refractivity contribution in [3.05, 3.63) is 78.5 Å². The zero-order valence-electron chi connectivity index (χ0n) is 20.8. The van der Waals surface area contributed by atoms with E-state index in [0.717, 1.165) is 11.1 Å². The van der Waals surface area contributed by atoms with E-state index in [2.05, 4.69) is 10.3 Å². The summed E-state index contributed by atoms with van der Waals surface area (Å²) in [4.78, 5) is 34.1. The molecular formula is C28H32N4O4. The molecule has 2 heterocycles. The number of likely N-dealkylation sites (N-methyl/N-ethyl adjacent to an activating group) is 1. The van der Waals surface area contributed by atoms with Gasteiger partial charge in [-0.05, 0) is 30.7 Å². The number of ether oxygens (including phenoxy) is 1. The number of pyridine rings is 1. The van der Waals surface area contributed by atoms with Crippen molar-refractivity contribution in [2.24, 2.45) is 5.92 Å². The predicted octanol–water partition coefficient (Wildman–Crippen LogP) is 4.13. The second-order valence-electron chi connectivity index (χ2n) is 9.24. The van der Waals surface area contributed by atoms with Crippen LogP contribution in [0.1, 0.15) is 24.2 Å². The third kappa shape index (κ3) is 5.66. The normalized spacial score (nSPS) is 18.3. The quantitative estimate of drug-likeness (QED) is 0.544. The second-order valence-corrected chi connectivity index (χ2v) is 9.24. The number of nitrogens with zero attached hydrogens (tertiary/aromatic N) is 3. The maximum absolute atomic E-state index is 13.6. The highest BCUT2D eigenvalue weighted by Gasteiger charge is 2.34. The molecular weight excluding hydrogens is 456 g/mol. The average molecular weight is 489 g/mol. The second kappa shape index (κ2) is 11.2. The lowest BCUT2D eigenvalue weighted by Gasteiger charge is -2.37. The third-order valence-electron chi connectivity index (χ3n) is 6.45. The van der Waals surface area contributed by atoms with Crippen LogP contribution in [0.3, 0.4) is 0 Å². The summed E-state index contributed by atoms with van der Waals surface area (Å²) < 4.78 is 6.30. The van der Waals surface area contributed by atoms with Crippen LogP contribution in [0.15, 0.2) is 72.9 Å². The van der Waals surface area contributed by atoms with Gasteiger partial charge in [-0.25, -0.2) is 9.78 Å². The number of hydrogen-bond donors (Lipinski definition) is 2. The minimum atomic E-state index is -0.424. The molecule has 36 heavy (non-hydrogen) atoms. The van der Waals surface area contributed by atoms with Crippen molar-refractivity contribution in [2.75, 3.05) is 32.1 Å². The van der Waals surface area contributed by atoms with Gasteiger partial charge in [0.2, 0.25) is 5.88 Å². The van der Waals surface area contributed by atoms with E-state index in [9.17, 15) is 14.7 Å². The largest absolute Gasteiger partial charge is 0.472 e. The molecule has 3 aromatic rings. The first-order valence-corrected chi connectivity index (χ1v) is 12.1. The number of benzene rings is 2. The minimum absolute atomic E-state index is 0.126. The van der Waals surface area contributed by atoms with Crippen molar-refractivity contribution in [2.45, 2.75) is 26.0 Å². The van der Waals surface area contributed by atoms with Crippen LogP contribution in [-0.2, 0) is 0 Å². The highest BCUT2D eigenvalue weighted by Crippen LogP contribution is 2.30. The molecule has 8 nitrogen and oxygen atoms in total. The molecule has 2 N–H and O–H groups in total. The van der Waals surface area contributed by atoms with Crippen LogP contribution in [0.5, 0.6) is 5.88 Å². The number of anilines is 1.